The quantitative estimate of drug-likeness (QED) is 0.721. The second kappa shape index (κ2) is 8.85. The van der Waals surface area contributed by atoms with Gasteiger partial charge in [0.05, 0.1) is 12.0 Å². The van der Waals surface area contributed by atoms with E-state index in [0.29, 0.717) is 35.1 Å². The molecular formula is C23H22N2O5S. The van der Waals surface area contributed by atoms with E-state index in [1.807, 2.05) is 23.1 Å². The van der Waals surface area contributed by atoms with Crippen LogP contribution in [0.25, 0.3) is 6.08 Å². The second-order valence-electron chi connectivity index (χ2n) is 7.30. The molecule has 3 amide bonds. The van der Waals surface area contributed by atoms with Gasteiger partial charge in [-0.2, -0.15) is 0 Å². The summed E-state index contributed by atoms with van der Waals surface area (Å²) in [6.07, 6.45) is 1.75. The number of methoxy groups -OCH3 is 1. The molecule has 2 aromatic rings. The molecule has 2 aliphatic rings. The van der Waals surface area contributed by atoms with Gasteiger partial charge in [-0.1, -0.05) is 30.3 Å². The van der Waals surface area contributed by atoms with Crippen molar-refractivity contribution in [1.82, 2.24) is 10.2 Å². The fraction of sp³-hybridized carbons (Fsp3) is 0.261. The number of carbonyl (C=O) groups is 3. The predicted octanol–water partition coefficient (Wildman–Crippen LogP) is 3.37. The molecule has 31 heavy (non-hydrogen) atoms. The Hall–Kier alpha value is -3.26. The molecule has 2 aromatic carbocycles. The van der Waals surface area contributed by atoms with Crippen molar-refractivity contribution in [3.8, 4) is 11.5 Å². The monoisotopic (exact) mass is 438 g/mol. The standard InChI is InChI=1S/C23H22N2O5S/c1-14(22(27)25-10-9-16-5-3-4-6-17(16)13-25)30-18-8-7-15(11-19(18)29-2)12-20-21(26)24-23(28)31-20/h3-8,11-12,14H,9-10,13H2,1-2H3,(H,24,26,28)/b20-12-. The lowest BCUT2D eigenvalue weighted by Crippen LogP contribution is -2.43. The summed E-state index contributed by atoms with van der Waals surface area (Å²) in [6, 6.07) is 13.3. The highest BCUT2D eigenvalue weighted by atomic mass is 32.2. The van der Waals surface area contributed by atoms with Crippen LogP contribution < -0.4 is 14.8 Å². The van der Waals surface area contributed by atoms with Crippen molar-refractivity contribution in [3.05, 3.63) is 64.1 Å². The number of imide groups is 1. The van der Waals surface area contributed by atoms with Gasteiger partial charge in [-0.05, 0) is 60.0 Å². The minimum Gasteiger partial charge on any atom is -0.493 e. The molecule has 0 radical (unpaired) electrons. The van der Waals surface area contributed by atoms with E-state index in [9.17, 15) is 14.4 Å². The lowest BCUT2D eigenvalue weighted by atomic mass is 9.99. The largest absolute Gasteiger partial charge is 0.493 e. The molecule has 0 aliphatic carbocycles. The molecule has 1 N–H and O–H groups in total. The van der Waals surface area contributed by atoms with Crippen molar-refractivity contribution in [2.75, 3.05) is 13.7 Å². The van der Waals surface area contributed by atoms with E-state index in [4.69, 9.17) is 9.47 Å². The molecule has 2 aliphatic heterocycles. The van der Waals surface area contributed by atoms with E-state index >= 15 is 0 Å². The number of nitrogens with one attached hydrogen (secondary N) is 1. The summed E-state index contributed by atoms with van der Waals surface area (Å²) < 4.78 is 11.3. The SMILES string of the molecule is COc1cc(/C=C2\SC(=O)NC2=O)ccc1OC(C)C(=O)N1CCc2ccccc2C1. The molecule has 1 fully saturated rings. The average Bonchev–Trinajstić information content (AvgIpc) is 3.10. The minimum absolute atomic E-state index is 0.0831. The number of carbonyl (C=O) groups excluding carboxylic acids is 3. The molecule has 8 heteroatoms. The molecule has 0 spiro atoms. The summed E-state index contributed by atoms with van der Waals surface area (Å²) in [5, 5.41) is 1.83. The maximum atomic E-state index is 12.9. The van der Waals surface area contributed by atoms with Crippen LogP contribution in [0.3, 0.4) is 0 Å². The van der Waals surface area contributed by atoms with E-state index in [1.54, 1.807) is 31.2 Å². The van der Waals surface area contributed by atoms with E-state index in [0.717, 1.165) is 23.7 Å². The first kappa shape index (κ1) is 21.0. The number of fused-ring (bicyclic) bond motifs is 1. The van der Waals surface area contributed by atoms with Crippen LogP contribution in [0.2, 0.25) is 0 Å². The van der Waals surface area contributed by atoms with Crippen molar-refractivity contribution >= 4 is 34.9 Å². The third-order valence-corrected chi connectivity index (χ3v) is 6.03. The Labute approximate surface area is 184 Å². The smallest absolute Gasteiger partial charge is 0.290 e. The van der Waals surface area contributed by atoms with Gasteiger partial charge in [-0.25, -0.2) is 0 Å². The zero-order valence-corrected chi connectivity index (χ0v) is 18.0. The molecule has 4 rings (SSSR count). The Morgan fingerprint density at radius 3 is 2.65 bits per heavy atom. The first-order valence-electron chi connectivity index (χ1n) is 9.89. The topological polar surface area (TPSA) is 84.9 Å². The summed E-state index contributed by atoms with van der Waals surface area (Å²) in [4.78, 5) is 38.1. The minimum atomic E-state index is -0.683. The van der Waals surface area contributed by atoms with Crippen molar-refractivity contribution in [2.45, 2.75) is 26.0 Å². The van der Waals surface area contributed by atoms with Gasteiger partial charge in [0.25, 0.3) is 17.1 Å². The van der Waals surface area contributed by atoms with Crippen molar-refractivity contribution in [3.63, 3.8) is 0 Å². The third-order valence-electron chi connectivity index (χ3n) is 5.22. The lowest BCUT2D eigenvalue weighted by molar-refractivity contribution is -0.139. The second-order valence-corrected chi connectivity index (χ2v) is 8.32. The maximum Gasteiger partial charge on any atom is 0.290 e. The summed E-state index contributed by atoms with van der Waals surface area (Å²) in [7, 11) is 1.51. The Bertz CT molecular complexity index is 1080. The zero-order chi connectivity index (χ0) is 22.0. The van der Waals surface area contributed by atoms with E-state index in [-0.39, 0.29) is 5.91 Å². The fourth-order valence-corrected chi connectivity index (χ4v) is 4.31. The van der Waals surface area contributed by atoms with Gasteiger partial charge in [0.2, 0.25) is 0 Å². The fourth-order valence-electron chi connectivity index (χ4n) is 3.63. The third kappa shape index (κ3) is 4.59. The number of nitrogens with zero attached hydrogens (tertiary/aromatic N) is 1. The number of benzene rings is 2. The molecule has 160 valence electrons. The van der Waals surface area contributed by atoms with E-state index < -0.39 is 17.3 Å². The summed E-state index contributed by atoms with van der Waals surface area (Å²) >= 11 is 0.851. The lowest BCUT2D eigenvalue weighted by Gasteiger charge is -2.31. The first-order valence-corrected chi connectivity index (χ1v) is 10.7. The molecular weight excluding hydrogens is 416 g/mol. The van der Waals surface area contributed by atoms with E-state index in [1.165, 1.54) is 12.7 Å². The van der Waals surface area contributed by atoms with Crippen molar-refractivity contribution in [1.29, 1.82) is 0 Å². The average molecular weight is 439 g/mol. The molecule has 2 heterocycles. The molecule has 7 nitrogen and oxygen atoms in total. The Balaban J connectivity index is 1.46. The van der Waals surface area contributed by atoms with Gasteiger partial charge in [-0.15, -0.1) is 0 Å². The number of rotatable bonds is 5. The van der Waals surface area contributed by atoms with Crippen LogP contribution in [0.4, 0.5) is 4.79 Å². The van der Waals surface area contributed by atoms with Crippen LogP contribution in [0.5, 0.6) is 11.5 Å². The number of hydrogen-bond acceptors (Lipinski definition) is 6. The summed E-state index contributed by atoms with van der Waals surface area (Å²) in [6.45, 7) is 2.96. The highest BCUT2D eigenvalue weighted by molar-refractivity contribution is 8.18. The van der Waals surface area contributed by atoms with Crippen LogP contribution in [-0.2, 0) is 22.6 Å². The van der Waals surface area contributed by atoms with Crippen molar-refractivity contribution < 1.29 is 23.9 Å². The predicted molar refractivity (Wildman–Crippen MR) is 118 cm³/mol. The molecule has 1 atom stereocenters. The molecule has 0 bridgehead atoms. The molecule has 0 saturated carbocycles. The highest BCUT2D eigenvalue weighted by Crippen LogP contribution is 2.32. The summed E-state index contributed by atoms with van der Waals surface area (Å²) in [5.41, 5.74) is 3.13. The maximum absolute atomic E-state index is 12.9. The zero-order valence-electron chi connectivity index (χ0n) is 17.2. The molecule has 1 saturated heterocycles. The van der Waals surface area contributed by atoms with Crippen LogP contribution >= 0.6 is 11.8 Å². The van der Waals surface area contributed by atoms with Crippen LogP contribution in [0, 0.1) is 0 Å². The Kier molecular flexibility index (Phi) is 5.99. The Morgan fingerprint density at radius 1 is 1.16 bits per heavy atom. The molecule has 0 aromatic heterocycles. The van der Waals surface area contributed by atoms with Gasteiger partial charge in [-0.3, -0.25) is 19.7 Å². The van der Waals surface area contributed by atoms with Crippen LogP contribution in [-0.4, -0.2) is 41.7 Å². The van der Waals surface area contributed by atoms with Crippen molar-refractivity contribution in [2.24, 2.45) is 0 Å². The normalized spacial score (nSPS) is 17.9. The highest BCUT2D eigenvalue weighted by Gasteiger charge is 2.27. The first-order chi connectivity index (χ1) is 14.9. The number of ether oxygens (including phenoxy) is 2. The number of thioether (sulfide) groups is 1. The summed E-state index contributed by atoms with van der Waals surface area (Å²) in [5.74, 6) is 0.368. The van der Waals surface area contributed by atoms with Crippen LogP contribution in [0.1, 0.15) is 23.6 Å². The number of amides is 3. The number of hydrogen-bond donors (Lipinski definition) is 1. The van der Waals surface area contributed by atoms with Gasteiger partial charge in [0.15, 0.2) is 17.6 Å². The van der Waals surface area contributed by atoms with E-state index in [2.05, 4.69) is 11.4 Å². The molecule has 1 unspecified atom stereocenters. The van der Waals surface area contributed by atoms with Gasteiger partial charge < -0.3 is 14.4 Å². The van der Waals surface area contributed by atoms with Crippen LogP contribution in [0.15, 0.2) is 47.4 Å². The Morgan fingerprint density at radius 2 is 1.94 bits per heavy atom. The van der Waals surface area contributed by atoms with Gasteiger partial charge in [0.1, 0.15) is 0 Å². The van der Waals surface area contributed by atoms with Gasteiger partial charge in [0, 0.05) is 13.1 Å². The van der Waals surface area contributed by atoms with Gasteiger partial charge >= 0.3 is 0 Å².